The van der Waals surface area contributed by atoms with E-state index in [0.717, 1.165) is 25.7 Å². The number of carbonyl (C=O) groups is 4. The number of esters is 1. The van der Waals surface area contributed by atoms with Crippen LogP contribution in [0.2, 0.25) is 0 Å². The van der Waals surface area contributed by atoms with Gasteiger partial charge < -0.3 is 25.8 Å². The molecule has 0 aromatic carbocycles. The smallest absolute Gasteiger partial charge is 0.408 e. The van der Waals surface area contributed by atoms with Crippen LogP contribution in [0.5, 0.6) is 0 Å². The Morgan fingerprint density at radius 2 is 1.81 bits per heavy atom. The summed E-state index contributed by atoms with van der Waals surface area (Å²) in [5, 5.41) is 5.37. The lowest BCUT2D eigenvalue weighted by molar-refractivity contribution is -0.145. The number of amides is 3. The largest absolute Gasteiger partial charge is 0.460 e. The van der Waals surface area contributed by atoms with Crippen molar-refractivity contribution in [2.45, 2.75) is 103 Å². The topological polar surface area (TPSA) is 137 Å². The first-order chi connectivity index (χ1) is 14.4. The Morgan fingerprint density at radius 3 is 2.32 bits per heavy atom. The molecule has 2 aliphatic rings. The van der Waals surface area contributed by atoms with Gasteiger partial charge in [0.1, 0.15) is 17.7 Å². The summed E-state index contributed by atoms with van der Waals surface area (Å²) in [5.41, 5.74) is 4.54. The molecule has 176 valence electrons. The van der Waals surface area contributed by atoms with Gasteiger partial charge in [-0.15, -0.1) is 0 Å². The van der Waals surface area contributed by atoms with E-state index in [2.05, 4.69) is 10.6 Å². The number of hydrogen-bond donors (Lipinski definition) is 3. The van der Waals surface area contributed by atoms with E-state index in [0.29, 0.717) is 18.8 Å². The Bertz CT molecular complexity index is 669. The van der Waals surface area contributed by atoms with Crippen LogP contribution in [-0.2, 0) is 23.9 Å². The third-order valence-electron chi connectivity index (χ3n) is 5.76. The van der Waals surface area contributed by atoms with Gasteiger partial charge >= 0.3 is 12.1 Å². The van der Waals surface area contributed by atoms with E-state index < -0.39 is 35.7 Å². The molecule has 9 nitrogen and oxygen atoms in total. The van der Waals surface area contributed by atoms with Crippen molar-refractivity contribution in [2.24, 2.45) is 17.6 Å². The van der Waals surface area contributed by atoms with E-state index in [9.17, 15) is 19.2 Å². The number of primary amides is 1. The molecule has 4 N–H and O–H groups in total. The molecule has 1 aliphatic carbocycles. The number of hydrogen-bond acceptors (Lipinski definition) is 6. The molecule has 0 aromatic heterocycles. The van der Waals surface area contributed by atoms with Crippen molar-refractivity contribution in [3.63, 3.8) is 0 Å². The van der Waals surface area contributed by atoms with Gasteiger partial charge in [0.2, 0.25) is 11.8 Å². The molecule has 0 aromatic rings. The molecular weight excluding hydrogens is 402 g/mol. The molecule has 0 bridgehead atoms. The number of nitrogens with one attached hydrogen (secondary N) is 2. The van der Waals surface area contributed by atoms with E-state index in [-0.39, 0.29) is 24.3 Å². The maximum Gasteiger partial charge on any atom is 0.408 e. The average Bonchev–Trinajstić information content (AvgIpc) is 2.98. The first-order valence-electron chi connectivity index (χ1n) is 11.2. The molecule has 3 amide bonds. The fourth-order valence-corrected chi connectivity index (χ4v) is 4.23. The number of cyclic esters (lactones) is 1. The summed E-state index contributed by atoms with van der Waals surface area (Å²) in [6.07, 6.45) is 5.27. The summed E-state index contributed by atoms with van der Waals surface area (Å²) in [6.45, 7) is 6.91. The van der Waals surface area contributed by atoms with Crippen molar-refractivity contribution in [1.29, 1.82) is 0 Å². The molecule has 1 heterocycles. The summed E-state index contributed by atoms with van der Waals surface area (Å²) >= 11 is 0. The van der Waals surface area contributed by atoms with Gasteiger partial charge in [-0.05, 0) is 39.5 Å². The highest BCUT2D eigenvalue weighted by Gasteiger charge is 2.39. The van der Waals surface area contributed by atoms with Gasteiger partial charge in [-0.25, -0.2) is 4.79 Å². The van der Waals surface area contributed by atoms with Gasteiger partial charge in [-0.1, -0.05) is 39.0 Å². The maximum absolute atomic E-state index is 13.0. The molecule has 4 atom stereocenters. The van der Waals surface area contributed by atoms with Crippen LogP contribution in [0.3, 0.4) is 0 Å². The summed E-state index contributed by atoms with van der Waals surface area (Å²) in [4.78, 5) is 48.6. The number of nitrogens with two attached hydrogens (primary N) is 1. The minimum absolute atomic E-state index is 0.225. The second kappa shape index (κ2) is 10.8. The van der Waals surface area contributed by atoms with Gasteiger partial charge in [-0.2, -0.15) is 0 Å². The van der Waals surface area contributed by atoms with Crippen LogP contribution in [0.15, 0.2) is 0 Å². The van der Waals surface area contributed by atoms with Crippen LogP contribution < -0.4 is 16.4 Å². The molecule has 9 heteroatoms. The molecule has 0 unspecified atom stereocenters. The molecule has 0 spiro atoms. The van der Waals surface area contributed by atoms with Crippen LogP contribution in [-0.4, -0.2) is 47.7 Å². The number of rotatable bonds is 8. The third-order valence-corrected chi connectivity index (χ3v) is 5.76. The van der Waals surface area contributed by atoms with E-state index in [4.69, 9.17) is 15.2 Å². The second-order valence-corrected chi connectivity index (χ2v) is 9.84. The highest BCUT2D eigenvalue weighted by Crippen LogP contribution is 2.31. The lowest BCUT2D eigenvalue weighted by Gasteiger charge is -2.31. The van der Waals surface area contributed by atoms with Gasteiger partial charge in [0.25, 0.3) is 0 Å². The normalized spacial score (nSPS) is 24.1. The molecular formula is C22H37N3O6. The van der Waals surface area contributed by atoms with E-state index >= 15 is 0 Å². The summed E-state index contributed by atoms with van der Waals surface area (Å²) in [7, 11) is 0. The van der Waals surface area contributed by atoms with Gasteiger partial charge in [0.05, 0.1) is 18.4 Å². The summed E-state index contributed by atoms with van der Waals surface area (Å²) in [6, 6.07) is -1.56. The zero-order valence-electron chi connectivity index (χ0n) is 19.1. The molecule has 1 aliphatic heterocycles. The Hall–Kier alpha value is -2.32. The predicted molar refractivity (Wildman–Crippen MR) is 114 cm³/mol. The van der Waals surface area contributed by atoms with Crippen molar-refractivity contribution in [2.75, 3.05) is 0 Å². The highest BCUT2D eigenvalue weighted by atomic mass is 16.6. The molecule has 2 fully saturated rings. The van der Waals surface area contributed by atoms with Crippen LogP contribution in [0.25, 0.3) is 0 Å². The average molecular weight is 440 g/mol. The standard InChI is InChI=1S/C22H37N3O6/c1-13-10-17(30-20(13)28)15(11-14-8-6-5-7-9-14)24-19(27)16(12-18(23)26)25-21(29)31-22(2,3)4/h13-17H,5-12H2,1-4H3,(H2,23,26)(H,24,27)(H,25,29)/t13-,15+,16+,17+/m1/s1. The molecule has 31 heavy (non-hydrogen) atoms. The summed E-state index contributed by atoms with van der Waals surface area (Å²) < 4.78 is 10.7. The van der Waals surface area contributed by atoms with Crippen molar-refractivity contribution in [3.05, 3.63) is 0 Å². The molecule has 1 saturated heterocycles. The third kappa shape index (κ3) is 8.38. The monoisotopic (exact) mass is 439 g/mol. The van der Waals surface area contributed by atoms with Gasteiger partial charge in [0.15, 0.2) is 0 Å². The Labute approximate surface area is 184 Å². The molecule has 1 saturated carbocycles. The minimum Gasteiger partial charge on any atom is -0.460 e. The predicted octanol–water partition coefficient (Wildman–Crippen LogP) is 2.16. The van der Waals surface area contributed by atoms with Crippen LogP contribution >= 0.6 is 0 Å². The van der Waals surface area contributed by atoms with Gasteiger partial charge in [0, 0.05) is 0 Å². The van der Waals surface area contributed by atoms with Crippen molar-refractivity contribution in [1.82, 2.24) is 10.6 Å². The number of ether oxygens (including phenoxy) is 2. The fourth-order valence-electron chi connectivity index (χ4n) is 4.23. The van der Waals surface area contributed by atoms with E-state index in [1.807, 2.05) is 6.92 Å². The highest BCUT2D eigenvalue weighted by molar-refractivity contribution is 5.90. The van der Waals surface area contributed by atoms with Crippen molar-refractivity contribution < 1.29 is 28.7 Å². The lowest BCUT2D eigenvalue weighted by atomic mass is 9.83. The zero-order valence-corrected chi connectivity index (χ0v) is 19.1. The maximum atomic E-state index is 13.0. The molecule has 0 radical (unpaired) electrons. The second-order valence-electron chi connectivity index (χ2n) is 9.84. The Morgan fingerprint density at radius 1 is 1.16 bits per heavy atom. The number of carbonyl (C=O) groups excluding carboxylic acids is 4. The fraction of sp³-hybridized carbons (Fsp3) is 0.818. The SMILES string of the molecule is C[C@@H]1C[C@@H]([C@H](CC2CCCCC2)NC(=O)[C@H](CC(N)=O)NC(=O)OC(C)(C)C)OC1=O. The van der Waals surface area contributed by atoms with Gasteiger partial charge in [-0.3, -0.25) is 14.4 Å². The zero-order chi connectivity index (χ0) is 23.2. The Balaban J connectivity index is 2.10. The van der Waals surface area contributed by atoms with Crippen LogP contribution in [0.1, 0.15) is 79.1 Å². The van der Waals surface area contributed by atoms with Crippen molar-refractivity contribution in [3.8, 4) is 0 Å². The first-order valence-corrected chi connectivity index (χ1v) is 11.2. The van der Waals surface area contributed by atoms with E-state index in [1.54, 1.807) is 20.8 Å². The van der Waals surface area contributed by atoms with Crippen LogP contribution in [0, 0.1) is 11.8 Å². The Kier molecular flexibility index (Phi) is 8.70. The van der Waals surface area contributed by atoms with E-state index in [1.165, 1.54) is 6.42 Å². The minimum atomic E-state index is -1.17. The van der Waals surface area contributed by atoms with Crippen molar-refractivity contribution >= 4 is 23.9 Å². The van der Waals surface area contributed by atoms with Crippen LogP contribution in [0.4, 0.5) is 4.79 Å². The number of alkyl carbamates (subject to hydrolysis) is 1. The quantitative estimate of drug-likeness (QED) is 0.496. The summed E-state index contributed by atoms with van der Waals surface area (Å²) in [5.74, 6) is -1.32. The first kappa shape index (κ1) is 24.9. The lowest BCUT2D eigenvalue weighted by Crippen LogP contribution is -2.54. The molecule has 2 rings (SSSR count).